The van der Waals surface area contributed by atoms with Crippen LogP contribution >= 0.6 is 0 Å². The molecule has 0 aromatic heterocycles. The summed E-state index contributed by atoms with van der Waals surface area (Å²) in [6.45, 7) is 0.868. The summed E-state index contributed by atoms with van der Waals surface area (Å²) < 4.78 is 15.0. The molecule has 4 nitrogen and oxygen atoms in total. The van der Waals surface area contributed by atoms with Crippen molar-refractivity contribution >= 4 is 0 Å². The smallest absolute Gasteiger partial charge is 0.111 e. The molecule has 3 atom stereocenters. The van der Waals surface area contributed by atoms with E-state index in [1.165, 1.54) is 0 Å². The number of aliphatic hydroxyl groups is 1. The molecule has 1 aliphatic rings. The second-order valence-corrected chi connectivity index (χ2v) is 2.59. The summed E-state index contributed by atoms with van der Waals surface area (Å²) in [5.74, 6) is 0. The molecule has 2 unspecified atom stereocenters. The van der Waals surface area contributed by atoms with Crippen LogP contribution in [-0.4, -0.2) is 50.9 Å². The van der Waals surface area contributed by atoms with E-state index >= 15 is 0 Å². The van der Waals surface area contributed by atoms with Gasteiger partial charge in [-0.1, -0.05) is 0 Å². The standard InChI is InChI=1S/C7H14O4/c1-9-3-6-7(8)5(10-2)4-11-6/h5-8H,3-4H2,1-2H3/t5?,6-,7?/m1/s1. The Morgan fingerprint density at radius 1 is 1.55 bits per heavy atom. The summed E-state index contributed by atoms with van der Waals surface area (Å²) >= 11 is 0. The minimum absolute atomic E-state index is 0.199. The van der Waals surface area contributed by atoms with E-state index < -0.39 is 6.10 Å². The summed E-state index contributed by atoms with van der Waals surface area (Å²) in [6, 6.07) is 0. The van der Waals surface area contributed by atoms with Gasteiger partial charge in [0.15, 0.2) is 0 Å². The maximum absolute atomic E-state index is 9.45. The van der Waals surface area contributed by atoms with Crippen LogP contribution < -0.4 is 0 Å². The molecule has 1 rings (SSSR count). The number of hydrogen-bond acceptors (Lipinski definition) is 4. The lowest BCUT2D eigenvalue weighted by molar-refractivity contribution is -0.0236. The molecule has 1 saturated heterocycles. The molecule has 0 aliphatic carbocycles. The number of hydrogen-bond donors (Lipinski definition) is 1. The van der Waals surface area contributed by atoms with Crippen molar-refractivity contribution < 1.29 is 19.3 Å². The molecule has 0 aromatic carbocycles. The van der Waals surface area contributed by atoms with Gasteiger partial charge >= 0.3 is 0 Å². The first-order valence-electron chi connectivity index (χ1n) is 3.61. The fourth-order valence-corrected chi connectivity index (χ4v) is 1.17. The number of aliphatic hydroxyl groups excluding tert-OH is 1. The van der Waals surface area contributed by atoms with Gasteiger partial charge in [-0.3, -0.25) is 0 Å². The molecule has 4 heteroatoms. The van der Waals surface area contributed by atoms with Crippen LogP contribution in [0.2, 0.25) is 0 Å². The van der Waals surface area contributed by atoms with E-state index in [0.29, 0.717) is 13.2 Å². The third kappa shape index (κ3) is 1.90. The monoisotopic (exact) mass is 162 g/mol. The van der Waals surface area contributed by atoms with Crippen molar-refractivity contribution in [2.75, 3.05) is 27.4 Å². The van der Waals surface area contributed by atoms with Crippen molar-refractivity contribution in [1.29, 1.82) is 0 Å². The minimum Gasteiger partial charge on any atom is -0.388 e. The molecule has 1 N–H and O–H groups in total. The van der Waals surface area contributed by atoms with E-state index in [4.69, 9.17) is 14.2 Å². The second-order valence-electron chi connectivity index (χ2n) is 2.59. The largest absolute Gasteiger partial charge is 0.388 e. The predicted octanol–water partition coefficient (Wildman–Crippen LogP) is -0.593. The normalized spacial score (nSPS) is 37.9. The fraction of sp³-hybridized carbons (Fsp3) is 1.00. The van der Waals surface area contributed by atoms with Crippen LogP contribution in [0.25, 0.3) is 0 Å². The highest BCUT2D eigenvalue weighted by Crippen LogP contribution is 2.16. The Balaban J connectivity index is 2.35. The first-order chi connectivity index (χ1) is 5.29. The Hall–Kier alpha value is -0.160. The molecule has 0 radical (unpaired) electrons. The fourth-order valence-electron chi connectivity index (χ4n) is 1.17. The lowest BCUT2D eigenvalue weighted by atomic mass is 10.1. The zero-order valence-electron chi connectivity index (χ0n) is 6.82. The number of methoxy groups -OCH3 is 2. The molecule has 1 heterocycles. The third-order valence-electron chi connectivity index (χ3n) is 1.87. The second kappa shape index (κ2) is 4.01. The zero-order valence-corrected chi connectivity index (χ0v) is 6.82. The average molecular weight is 162 g/mol. The lowest BCUT2D eigenvalue weighted by Gasteiger charge is -2.14. The highest BCUT2D eigenvalue weighted by Gasteiger charge is 2.35. The van der Waals surface area contributed by atoms with Crippen LogP contribution in [0.1, 0.15) is 0 Å². The topological polar surface area (TPSA) is 47.9 Å². The quantitative estimate of drug-likeness (QED) is 0.602. The first kappa shape index (κ1) is 8.93. The summed E-state index contributed by atoms with van der Waals surface area (Å²) in [6.07, 6.45) is -0.986. The Morgan fingerprint density at radius 2 is 2.27 bits per heavy atom. The van der Waals surface area contributed by atoms with Gasteiger partial charge in [0.05, 0.1) is 13.2 Å². The van der Waals surface area contributed by atoms with Crippen molar-refractivity contribution in [3.05, 3.63) is 0 Å². The van der Waals surface area contributed by atoms with Gasteiger partial charge in [0.2, 0.25) is 0 Å². The maximum atomic E-state index is 9.45. The molecule has 66 valence electrons. The van der Waals surface area contributed by atoms with Gasteiger partial charge in [-0.15, -0.1) is 0 Å². The maximum Gasteiger partial charge on any atom is 0.111 e. The van der Waals surface area contributed by atoms with Gasteiger partial charge in [-0.25, -0.2) is 0 Å². The molecular weight excluding hydrogens is 148 g/mol. The van der Waals surface area contributed by atoms with Crippen LogP contribution in [0.3, 0.4) is 0 Å². The Morgan fingerprint density at radius 3 is 2.73 bits per heavy atom. The van der Waals surface area contributed by atoms with E-state index in [9.17, 15) is 5.11 Å². The van der Waals surface area contributed by atoms with E-state index in [-0.39, 0.29) is 12.2 Å². The lowest BCUT2D eigenvalue weighted by Crippen LogP contribution is -2.33. The molecule has 0 aromatic rings. The summed E-state index contributed by atoms with van der Waals surface area (Å²) in [7, 11) is 3.14. The average Bonchev–Trinajstić information content (AvgIpc) is 2.34. The van der Waals surface area contributed by atoms with Gasteiger partial charge in [0.1, 0.15) is 18.3 Å². The summed E-state index contributed by atoms with van der Waals surface area (Å²) in [5.41, 5.74) is 0. The van der Waals surface area contributed by atoms with Crippen molar-refractivity contribution in [2.24, 2.45) is 0 Å². The molecule has 1 aliphatic heterocycles. The van der Waals surface area contributed by atoms with Gasteiger partial charge < -0.3 is 19.3 Å². The van der Waals surface area contributed by atoms with Gasteiger partial charge in [-0.05, 0) is 0 Å². The Labute approximate surface area is 66.1 Å². The van der Waals surface area contributed by atoms with Crippen molar-refractivity contribution in [3.63, 3.8) is 0 Å². The number of rotatable bonds is 3. The van der Waals surface area contributed by atoms with Gasteiger partial charge in [-0.2, -0.15) is 0 Å². The molecule has 1 fully saturated rings. The van der Waals surface area contributed by atoms with Crippen LogP contribution in [0.4, 0.5) is 0 Å². The van der Waals surface area contributed by atoms with Crippen LogP contribution in [0.5, 0.6) is 0 Å². The van der Waals surface area contributed by atoms with Crippen LogP contribution in [-0.2, 0) is 14.2 Å². The van der Waals surface area contributed by atoms with E-state index in [2.05, 4.69) is 0 Å². The van der Waals surface area contributed by atoms with Gasteiger partial charge in [0.25, 0.3) is 0 Å². The molecule has 0 amide bonds. The Bertz CT molecular complexity index is 117. The molecule has 0 spiro atoms. The highest BCUT2D eigenvalue weighted by molar-refractivity contribution is 4.83. The SMILES string of the molecule is COC[C@H]1OCC(OC)C1O. The molecule has 0 saturated carbocycles. The molecule has 0 bridgehead atoms. The minimum atomic E-state index is -0.556. The molecular formula is C7H14O4. The number of ether oxygens (including phenoxy) is 3. The Kier molecular flexibility index (Phi) is 3.26. The van der Waals surface area contributed by atoms with Crippen LogP contribution in [0.15, 0.2) is 0 Å². The predicted molar refractivity (Wildman–Crippen MR) is 38.4 cm³/mol. The van der Waals surface area contributed by atoms with Gasteiger partial charge in [0, 0.05) is 14.2 Å². The molecule has 11 heavy (non-hydrogen) atoms. The van der Waals surface area contributed by atoms with E-state index in [1.807, 2.05) is 0 Å². The van der Waals surface area contributed by atoms with E-state index in [1.54, 1.807) is 14.2 Å². The van der Waals surface area contributed by atoms with Crippen molar-refractivity contribution in [3.8, 4) is 0 Å². The summed E-state index contributed by atoms with van der Waals surface area (Å²) in [4.78, 5) is 0. The van der Waals surface area contributed by atoms with E-state index in [0.717, 1.165) is 0 Å². The summed E-state index contributed by atoms with van der Waals surface area (Å²) in [5, 5.41) is 9.45. The van der Waals surface area contributed by atoms with Crippen LogP contribution in [0, 0.1) is 0 Å². The first-order valence-corrected chi connectivity index (χ1v) is 3.61. The highest BCUT2D eigenvalue weighted by atomic mass is 16.6. The van der Waals surface area contributed by atoms with Crippen molar-refractivity contribution in [2.45, 2.75) is 18.3 Å². The zero-order chi connectivity index (χ0) is 8.27. The van der Waals surface area contributed by atoms with Crippen molar-refractivity contribution in [1.82, 2.24) is 0 Å². The third-order valence-corrected chi connectivity index (χ3v) is 1.87.